The van der Waals surface area contributed by atoms with Gasteiger partial charge in [-0.15, -0.1) is 0 Å². The topological polar surface area (TPSA) is 63.4 Å². The van der Waals surface area contributed by atoms with E-state index in [4.69, 9.17) is 5.73 Å². The number of sulfonamides is 1. The number of benzene rings is 2. The molecule has 0 unspecified atom stereocenters. The molecule has 0 radical (unpaired) electrons. The molecule has 0 aliphatic carbocycles. The lowest BCUT2D eigenvalue weighted by molar-refractivity contribution is 0.593. The molecule has 0 saturated carbocycles. The van der Waals surface area contributed by atoms with Crippen molar-refractivity contribution in [2.24, 2.45) is 0 Å². The molecule has 0 heterocycles. The molecule has 0 aromatic heterocycles. The van der Waals surface area contributed by atoms with Crippen LogP contribution in [0.3, 0.4) is 0 Å². The number of hydrogen-bond donors (Lipinski definition) is 1. The molecule has 0 aliphatic heterocycles. The van der Waals surface area contributed by atoms with E-state index in [0.29, 0.717) is 21.4 Å². The molecular formula is C14H14BrFN2O2S. The van der Waals surface area contributed by atoms with E-state index in [9.17, 15) is 12.8 Å². The molecule has 0 bridgehead atoms. The minimum atomic E-state index is -3.76. The third kappa shape index (κ3) is 3.03. The quantitative estimate of drug-likeness (QED) is 0.840. The van der Waals surface area contributed by atoms with Crippen molar-refractivity contribution in [1.82, 2.24) is 0 Å². The Morgan fingerprint density at radius 1 is 1.19 bits per heavy atom. The van der Waals surface area contributed by atoms with Gasteiger partial charge < -0.3 is 5.73 Å². The van der Waals surface area contributed by atoms with Gasteiger partial charge in [0, 0.05) is 17.2 Å². The molecule has 112 valence electrons. The van der Waals surface area contributed by atoms with E-state index in [2.05, 4.69) is 15.9 Å². The van der Waals surface area contributed by atoms with E-state index in [1.165, 1.54) is 37.4 Å². The molecule has 2 aromatic rings. The fourth-order valence-electron chi connectivity index (χ4n) is 1.88. The van der Waals surface area contributed by atoms with E-state index >= 15 is 0 Å². The number of aryl methyl sites for hydroxylation is 1. The smallest absolute Gasteiger partial charge is 0.264 e. The third-order valence-electron chi connectivity index (χ3n) is 3.12. The zero-order valence-corrected chi connectivity index (χ0v) is 13.9. The number of anilines is 2. The van der Waals surface area contributed by atoms with Gasteiger partial charge in [0.15, 0.2) is 0 Å². The number of rotatable bonds is 3. The molecular weight excluding hydrogens is 359 g/mol. The number of hydrogen-bond acceptors (Lipinski definition) is 3. The van der Waals surface area contributed by atoms with Gasteiger partial charge in [0.05, 0.1) is 10.6 Å². The second-order valence-corrected chi connectivity index (χ2v) is 7.38. The van der Waals surface area contributed by atoms with Gasteiger partial charge in [-0.2, -0.15) is 0 Å². The van der Waals surface area contributed by atoms with E-state index in [0.717, 1.165) is 4.31 Å². The molecule has 7 heteroatoms. The van der Waals surface area contributed by atoms with Crippen LogP contribution >= 0.6 is 15.9 Å². The minimum Gasteiger partial charge on any atom is -0.398 e. The maximum atomic E-state index is 12.9. The van der Waals surface area contributed by atoms with Gasteiger partial charge in [-0.3, -0.25) is 4.31 Å². The highest BCUT2D eigenvalue weighted by molar-refractivity contribution is 9.10. The summed E-state index contributed by atoms with van der Waals surface area (Å²) in [6.45, 7) is 1.69. The summed E-state index contributed by atoms with van der Waals surface area (Å²) in [5.41, 5.74) is 7.05. The SMILES string of the molecule is Cc1cc(Br)c(N)cc1S(=O)(=O)N(C)c1ccc(F)cc1. The van der Waals surface area contributed by atoms with Crippen LogP contribution in [0.1, 0.15) is 5.56 Å². The molecule has 2 rings (SSSR count). The molecule has 0 aliphatic rings. The molecule has 0 spiro atoms. The molecule has 0 fully saturated rings. The van der Waals surface area contributed by atoms with Gasteiger partial charge in [0.2, 0.25) is 0 Å². The number of halogens is 2. The molecule has 2 N–H and O–H groups in total. The van der Waals surface area contributed by atoms with Crippen molar-refractivity contribution >= 4 is 37.3 Å². The highest BCUT2D eigenvalue weighted by Crippen LogP contribution is 2.30. The van der Waals surface area contributed by atoms with Crippen molar-refractivity contribution in [2.45, 2.75) is 11.8 Å². The Morgan fingerprint density at radius 3 is 2.33 bits per heavy atom. The predicted octanol–water partition coefficient (Wildman–Crippen LogP) is 3.30. The summed E-state index contributed by atoms with van der Waals surface area (Å²) in [5.74, 6) is -0.423. The van der Waals surface area contributed by atoms with Gasteiger partial charge in [-0.05, 0) is 64.8 Å². The lowest BCUT2D eigenvalue weighted by atomic mass is 10.2. The summed E-state index contributed by atoms with van der Waals surface area (Å²) in [5, 5.41) is 0. The van der Waals surface area contributed by atoms with Crippen molar-refractivity contribution in [2.75, 3.05) is 17.1 Å². The van der Waals surface area contributed by atoms with Crippen LogP contribution in [0.5, 0.6) is 0 Å². The van der Waals surface area contributed by atoms with Crippen LogP contribution < -0.4 is 10.0 Å². The average molecular weight is 373 g/mol. The number of nitrogen functional groups attached to an aromatic ring is 1. The first kappa shape index (κ1) is 15.8. The molecule has 4 nitrogen and oxygen atoms in total. The Balaban J connectivity index is 2.51. The molecule has 0 amide bonds. The molecule has 2 aromatic carbocycles. The monoisotopic (exact) mass is 372 g/mol. The summed E-state index contributed by atoms with van der Waals surface area (Å²) in [7, 11) is -2.35. The van der Waals surface area contributed by atoms with Crippen LogP contribution in [0.15, 0.2) is 45.8 Å². The second-order valence-electron chi connectivity index (χ2n) is 4.59. The lowest BCUT2D eigenvalue weighted by Crippen LogP contribution is -2.27. The second kappa shape index (κ2) is 5.65. The molecule has 21 heavy (non-hydrogen) atoms. The van der Waals surface area contributed by atoms with E-state index in [-0.39, 0.29) is 4.90 Å². The first-order valence-electron chi connectivity index (χ1n) is 6.03. The third-order valence-corrected chi connectivity index (χ3v) is 5.74. The summed E-state index contributed by atoms with van der Waals surface area (Å²) in [6, 6.07) is 8.30. The van der Waals surface area contributed by atoms with E-state index < -0.39 is 15.8 Å². The standard InChI is InChI=1S/C14H14BrFN2O2S/c1-9-7-12(15)13(17)8-14(9)21(19,20)18(2)11-5-3-10(16)4-6-11/h3-8H,17H2,1-2H3. The maximum absolute atomic E-state index is 12.9. The van der Waals surface area contributed by atoms with Crippen molar-refractivity contribution < 1.29 is 12.8 Å². The van der Waals surface area contributed by atoms with Crippen molar-refractivity contribution in [1.29, 1.82) is 0 Å². The molecule has 0 saturated heterocycles. The highest BCUT2D eigenvalue weighted by atomic mass is 79.9. The van der Waals surface area contributed by atoms with Gasteiger partial charge >= 0.3 is 0 Å². The lowest BCUT2D eigenvalue weighted by Gasteiger charge is -2.21. The maximum Gasteiger partial charge on any atom is 0.264 e. The fourth-order valence-corrected chi connectivity index (χ4v) is 3.78. The van der Waals surface area contributed by atoms with Crippen LogP contribution in [0, 0.1) is 12.7 Å². The Kier molecular flexibility index (Phi) is 4.25. The predicted molar refractivity (Wildman–Crippen MR) is 85.3 cm³/mol. The molecule has 0 atom stereocenters. The van der Waals surface area contributed by atoms with Crippen molar-refractivity contribution in [3.05, 3.63) is 52.3 Å². The zero-order chi connectivity index (χ0) is 15.8. The van der Waals surface area contributed by atoms with Crippen LogP contribution in [0.25, 0.3) is 0 Å². The zero-order valence-electron chi connectivity index (χ0n) is 11.5. The Bertz CT molecular complexity index is 776. The highest BCUT2D eigenvalue weighted by Gasteiger charge is 2.24. The first-order valence-corrected chi connectivity index (χ1v) is 8.27. The fraction of sp³-hybridized carbons (Fsp3) is 0.143. The van der Waals surface area contributed by atoms with E-state index in [1.807, 2.05) is 0 Å². The summed E-state index contributed by atoms with van der Waals surface area (Å²) >= 11 is 3.26. The largest absolute Gasteiger partial charge is 0.398 e. The summed E-state index contributed by atoms with van der Waals surface area (Å²) in [6.07, 6.45) is 0. The van der Waals surface area contributed by atoms with Crippen molar-refractivity contribution in [3.8, 4) is 0 Å². The first-order chi connectivity index (χ1) is 9.73. The van der Waals surface area contributed by atoms with Gasteiger partial charge in [0.25, 0.3) is 10.0 Å². The Morgan fingerprint density at radius 2 is 1.76 bits per heavy atom. The van der Waals surface area contributed by atoms with Crippen LogP contribution in [0.2, 0.25) is 0 Å². The summed E-state index contributed by atoms with van der Waals surface area (Å²) in [4.78, 5) is 0.120. The minimum absolute atomic E-state index is 0.120. The average Bonchev–Trinajstić information content (AvgIpc) is 2.42. The number of nitrogens with two attached hydrogens (primary N) is 1. The Hall–Kier alpha value is -1.60. The van der Waals surface area contributed by atoms with Crippen LogP contribution in [-0.4, -0.2) is 15.5 Å². The van der Waals surface area contributed by atoms with E-state index in [1.54, 1.807) is 13.0 Å². The van der Waals surface area contributed by atoms with Gasteiger partial charge in [-0.25, -0.2) is 12.8 Å². The normalized spacial score (nSPS) is 11.4. The van der Waals surface area contributed by atoms with Crippen molar-refractivity contribution in [3.63, 3.8) is 0 Å². The number of nitrogens with zero attached hydrogens (tertiary/aromatic N) is 1. The summed E-state index contributed by atoms with van der Waals surface area (Å²) < 4.78 is 40.0. The van der Waals surface area contributed by atoms with Gasteiger partial charge in [0.1, 0.15) is 5.82 Å². The van der Waals surface area contributed by atoms with Crippen LogP contribution in [-0.2, 0) is 10.0 Å². The Labute approximate surface area is 131 Å². The van der Waals surface area contributed by atoms with Crippen LogP contribution in [0.4, 0.5) is 15.8 Å². The van der Waals surface area contributed by atoms with Gasteiger partial charge in [-0.1, -0.05) is 0 Å².